The van der Waals surface area contributed by atoms with Crippen LogP contribution in [-0.4, -0.2) is 19.5 Å². The Morgan fingerprint density at radius 1 is 1.28 bits per heavy atom. The second-order valence-electron chi connectivity index (χ2n) is 5.23. The summed E-state index contributed by atoms with van der Waals surface area (Å²) in [5.74, 6) is -1.32. The molecule has 0 radical (unpaired) electrons. The SMILES string of the molecule is CC1(C)C(c2ccc(S(N)(=O)=O)cc2)[C@H]1C(=O)O. The van der Waals surface area contributed by atoms with Crippen LogP contribution in [0.15, 0.2) is 29.2 Å². The van der Waals surface area contributed by atoms with Gasteiger partial charge in [-0.15, -0.1) is 0 Å². The van der Waals surface area contributed by atoms with Crippen LogP contribution in [0.2, 0.25) is 0 Å². The van der Waals surface area contributed by atoms with Crippen LogP contribution in [0.1, 0.15) is 25.3 Å². The molecule has 1 aliphatic carbocycles. The van der Waals surface area contributed by atoms with Crippen molar-refractivity contribution in [2.24, 2.45) is 16.5 Å². The molecule has 1 aliphatic rings. The molecule has 98 valence electrons. The lowest BCUT2D eigenvalue weighted by Crippen LogP contribution is -2.11. The second-order valence-corrected chi connectivity index (χ2v) is 6.79. The lowest BCUT2D eigenvalue weighted by atomic mass is 10.0. The Hall–Kier alpha value is -1.40. The van der Waals surface area contributed by atoms with Crippen LogP contribution in [-0.2, 0) is 14.8 Å². The highest BCUT2D eigenvalue weighted by molar-refractivity contribution is 7.89. The zero-order valence-electron chi connectivity index (χ0n) is 10.1. The van der Waals surface area contributed by atoms with Crippen LogP contribution in [0.4, 0.5) is 0 Å². The summed E-state index contributed by atoms with van der Waals surface area (Å²) in [6, 6.07) is 6.10. The molecular weight excluding hydrogens is 254 g/mol. The van der Waals surface area contributed by atoms with Crippen LogP contribution < -0.4 is 5.14 Å². The standard InChI is InChI=1S/C12H15NO4S/c1-12(2)9(10(12)11(14)15)7-3-5-8(6-4-7)18(13,16)17/h3-6,9-10H,1-2H3,(H,14,15)(H2,13,16,17)/t9?,10-/m0/s1. The summed E-state index contributed by atoms with van der Waals surface area (Å²) in [6.07, 6.45) is 0. The van der Waals surface area contributed by atoms with Crippen LogP contribution >= 0.6 is 0 Å². The Balaban J connectivity index is 2.30. The number of carbonyl (C=O) groups is 1. The summed E-state index contributed by atoms with van der Waals surface area (Å²) in [4.78, 5) is 11.1. The molecule has 0 aliphatic heterocycles. The molecule has 2 atom stereocenters. The number of hydrogen-bond donors (Lipinski definition) is 2. The Labute approximate surface area is 106 Å². The summed E-state index contributed by atoms with van der Waals surface area (Å²) in [7, 11) is -3.70. The number of aliphatic carboxylic acids is 1. The third kappa shape index (κ3) is 2.02. The molecule has 3 N–H and O–H groups in total. The van der Waals surface area contributed by atoms with Crippen molar-refractivity contribution in [1.29, 1.82) is 0 Å². The number of hydrogen-bond acceptors (Lipinski definition) is 3. The largest absolute Gasteiger partial charge is 0.481 e. The highest BCUT2D eigenvalue weighted by Gasteiger charge is 2.62. The molecule has 0 aromatic heterocycles. The molecule has 2 rings (SSSR count). The van der Waals surface area contributed by atoms with Crippen molar-refractivity contribution in [3.8, 4) is 0 Å². The van der Waals surface area contributed by atoms with Gasteiger partial charge in [0, 0.05) is 5.92 Å². The van der Waals surface area contributed by atoms with Crippen molar-refractivity contribution in [3.63, 3.8) is 0 Å². The van der Waals surface area contributed by atoms with E-state index in [1.165, 1.54) is 12.1 Å². The highest BCUT2D eigenvalue weighted by Crippen LogP contribution is 2.64. The monoisotopic (exact) mass is 269 g/mol. The normalized spacial score (nSPS) is 25.7. The van der Waals surface area contributed by atoms with Crippen molar-refractivity contribution < 1.29 is 18.3 Å². The van der Waals surface area contributed by atoms with E-state index < -0.39 is 21.9 Å². The van der Waals surface area contributed by atoms with E-state index in [-0.39, 0.29) is 16.2 Å². The average Bonchev–Trinajstić information content (AvgIpc) is 2.80. The van der Waals surface area contributed by atoms with E-state index in [0.717, 1.165) is 5.56 Å². The van der Waals surface area contributed by atoms with E-state index >= 15 is 0 Å². The first-order valence-electron chi connectivity index (χ1n) is 5.51. The van der Waals surface area contributed by atoms with Gasteiger partial charge in [0.25, 0.3) is 0 Å². The van der Waals surface area contributed by atoms with Crippen LogP contribution in [0.5, 0.6) is 0 Å². The third-order valence-corrected chi connectivity index (χ3v) is 4.59. The van der Waals surface area contributed by atoms with E-state index in [0.29, 0.717) is 0 Å². The maximum atomic E-state index is 11.1. The number of primary sulfonamides is 1. The molecule has 0 heterocycles. The summed E-state index contributed by atoms with van der Waals surface area (Å²) >= 11 is 0. The minimum atomic E-state index is -3.70. The Morgan fingerprint density at radius 2 is 1.78 bits per heavy atom. The van der Waals surface area contributed by atoms with Gasteiger partial charge in [-0.3, -0.25) is 4.79 Å². The number of carboxylic acid groups (broad SMARTS) is 1. The van der Waals surface area contributed by atoms with Gasteiger partial charge in [0.2, 0.25) is 10.0 Å². The van der Waals surface area contributed by atoms with Gasteiger partial charge >= 0.3 is 5.97 Å². The van der Waals surface area contributed by atoms with E-state index in [4.69, 9.17) is 10.2 Å². The number of nitrogens with two attached hydrogens (primary N) is 1. The van der Waals surface area contributed by atoms with Crippen molar-refractivity contribution >= 4 is 16.0 Å². The Morgan fingerprint density at radius 3 is 2.11 bits per heavy atom. The maximum absolute atomic E-state index is 11.1. The van der Waals surface area contributed by atoms with Gasteiger partial charge in [-0.2, -0.15) is 0 Å². The molecule has 1 saturated carbocycles. The number of rotatable bonds is 3. The van der Waals surface area contributed by atoms with E-state index in [9.17, 15) is 13.2 Å². The zero-order valence-corrected chi connectivity index (χ0v) is 10.9. The van der Waals surface area contributed by atoms with Gasteiger partial charge < -0.3 is 5.11 Å². The van der Waals surface area contributed by atoms with Crippen molar-refractivity contribution in [1.82, 2.24) is 0 Å². The molecule has 18 heavy (non-hydrogen) atoms. The van der Waals surface area contributed by atoms with Gasteiger partial charge in [0.1, 0.15) is 0 Å². The first-order chi connectivity index (χ1) is 8.15. The Kier molecular flexibility index (Phi) is 2.75. The molecule has 0 bridgehead atoms. The van der Waals surface area contributed by atoms with Crippen LogP contribution in [0.3, 0.4) is 0 Å². The van der Waals surface area contributed by atoms with E-state index in [1.807, 2.05) is 13.8 Å². The predicted molar refractivity (Wildman–Crippen MR) is 65.5 cm³/mol. The smallest absolute Gasteiger partial charge is 0.307 e. The molecule has 0 spiro atoms. The fourth-order valence-corrected chi connectivity index (χ4v) is 3.10. The van der Waals surface area contributed by atoms with E-state index in [2.05, 4.69) is 0 Å². The first-order valence-corrected chi connectivity index (χ1v) is 7.06. The molecular formula is C12H15NO4S. The molecule has 1 unspecified atom stereocenters. The maximum Gasteiger partial charge on any atom is 0.307 e. The van der Waals surface area contributed by atoms with Gasteiger partial charge in [0.05, 0.1) is 10.8 Å². The zero-order chi connectivity index (χ0) is 13.7. The summed E-state index contributed by atoms with van der Waals surface area (Å²) in [5, 5.41) is 14.1. The first kappa shape index (κ1) is 13.0. The minimum absolute atomic E-state index is 0.0385. The second kappa shape index (κ2) is 3.80. The minimum Gasteiger partial charge on any atom is -0.481 e. The molecule has 0 amide bonds. The fourth-order valence-electron chi connectivity index (χ4n) is 2.59. The lowest BCUT2D eigenvalue weighted by Gasteiger charge is -2.04. The quantitative estimate of drug-likeness (QED) is 0.860. The molecule has 1 fully saturated rings. The molecule has 1 aromatic rings. The molecule has 6 heteroatoms. The molecule has 1 aromatic carbocycles. The van der Waals surface area contributed by atoms with Crippen LogP contribution in [0, 0.1) is 11.3 Å². The van der Waals surface area contributed by atoms with E-state index in [1.54, 1.807) is 12.1 Å². The van der Waals surface area contributed by atoms with Crippen LogP contribution in [0.25, 0.3) is 0 Å². The number of sulfonamides is 1. The summed E-state index contributed by atoms with van der Waals surface area (Å²) in [5.41, 5.74) is 0.536. The Bertz CT molecular complexity index is 589. The van der Waals surface area contributed by atoms with Gasteiger partial charge in [0.15, 0.2) is 0 Å². The lowest BCUT2D eigenvalue weighted by molar-refractivity contribution is -0.139. The summed E-state index contributed by atoms with van der Waals surface area (Å²) < 4.78 is 22.2. The predicted octanol–water partition coefficient (Wildman–Crippen LogP) is 1.16. The topological polar surface area (TPSA) is 97.5 Å². The van der Waals surface area contributed by atoms with Crippen molar-refractivity contribution in [2.75, 3.05) is 0 Å². The van der Waals surface area contributed by atoms with Gasteiger partial charge in [-0.25, -0.2) is 13.6 Å². The third-order valence-electron chi connectivity index (χ3n) is 3.66. The molecule has 5 nitrogen and oxygen atoms in total. The number of carboxylic acids is 1. The van der Waals surface area contributed by atoms with Gasteiger partial charge in [-0.05, 0) is 23.1 Å². The van der Waals surface area contributed by atoms with Crippen molar-refractivity contribution in [2.45, 2.75) is 24.7 Å². The fraction of sp³-hybridized carbons (Fsp3) is 0.417. The molecule has 0 saturated heterocycles. The van der Waals surface area contributed by atoms with Gasteiger partial charge in [-0.1, -0.05) is 26.0 Å². The number of benzene rings is 1. The highest BCUT2D eigenvalue weighted by atomic mass is 32.2. The summed E-state index contributed by atoms with van der Waals surface area (Å²) in [6.45, 7) is 3.79. The average molecular weight is 269 g/mol. The van der Waals surface area contributed by atoms with Crippen molar-refractivity contribution in [3.05, 3.63) is 29.8 Å².